The lowest BCUT2D eigenvalue weighted by Crippen LogP contribution is -2.33. The van der Waals surface area contributed by atoms with Crippen LogP contribution in [0, 0.1) is 6.92 Å². The number of nitrogens with one attached hydrogen (secondary N) is 1. The van der Waals surface area contributed by atoms with E-state index >= 15 is 0 Å². The molecule has 1 atom stereocenters. The molecule has 1 unspecified atom stereocenters. The van der Waals surface area contributed by atoms with Crippen LogP contribution in [0.3, 0.4) is 0 Å². The number of hydrogen-bond acceptors (Lipinski definition) is 2. The summed E-state index contributed by atoms with van der Waals surface area (Å²) < 4.78 is 5.42. The second-order valence-electron chi connectivity index (χ2n) is 4.31. The topological polar surface area (TPSA) is 38.3 Å². The summed E-state index contributed by atoms with van der Waals surface area (Å²) in [7, 11) is 0. The molecule has 2 rings (SSSR count). The average molecular weight is 254 g/mol. The summed E-state index contributed by atoms with van der Waals surface area (Å²) in [6.07, 6.45) is 2.57. The molecule has 1 heterocycles. The lowest BCUT2D eigenvalue weighted by Gasteiger charge is -2.21. The van der Waals surface area contributed by atoms with Gasteiger partial charge in [0.1, 0.15) is 6.10 Å². The largest absolute Gasteiger partial charge is 0.368 e. The number of anilines is 1. The maximum absolute atomic E-state index is 11.9. The van der Waals surface area contributed by atoms with Crippen molar-refractivity contribution in [1.29, 1.82) is 0 Å². The van der Waals surface area contributed by atoms with Gasteiger partial charge in [-0.2, -0.15) is 0 Å². The van der Waals surface area contributed by atoms with Gasteiger partial charge in [0, 0.05) is 17.3 Å². The molecule has 0 saturated carbocycles. The number of rotatable bonds is 2. The van der Waals surface area contributed by atoms with Crippen LogP contribution in [0.5, 0.6) is 0 Å². The first kappa shape index (κ1) is 12.4. The van der Waals surface area contributed by atoms with Crippen molar-refractivity contribution in [3.63, 3.8) is 0 Å². The van der Waals surface area contributed by atoms with Gasteiger partial charge in [0.05, 0.1) is 0 Å². The highest BCUT2D eigenvalue weighted by molar-refractivity contribution is 6.31. The van der Waals surface area contributed by atoms with E-state index in [2.05, 4.69) is 5.32 Å². The average Bonchev–Trinajstić information content (AvgIpc) is 2.35. The van der Waals surface area contributed by atoms with Crippen molar-refractivity contribution in [3.8, 4) is 0 Å². The third kappa shape index (κ3) is 3.20. The van der Waals surface area contributed by atoms with Gasteiger partial charge >= 0.3 is 0 Å². The minimum atomic E-state index is -0.316. The first-order chi connectivity index (χ1) is 8.16. The highest BCUT2D eigenvalue weighted by atomic mass is 35.5. The highest BCUT2D eigenvalue weighted by Gasteiger charge is 2.21. The summed E-state index contributed by atoms with van der Waals surface area (Å²) >= 11 is 6.00. The van der Waals surface area contributed by atoms with Crippen LogP contribution in [-0.4, -0.2) is 18.6 Å². The van der Waals surface area contributed by atoms with Crippen LogP contribution in [0.4, 0.5) is 5.69 Å². The normalized spacial score (nSPS) is 20.0. The number of halogens is 1. The summed E-state index contributed by atoms with van der Waals surface area (Å²) in [5.41, 5.74) is 1.72. The molecule has 1 N–H and O–H groups in total. The predicted octanol–water partition coefficient (Wildman–Crippen LogP) is 3.16. The Kier molecular flexibility index (Phi) is 4.02. The van der Waals surface area contributed by atoms with Crippen LogP contribution < -0.4 is 5.32 Å². The molecule has 1 aliphatic rings. The zero-order valence-corrected chi connectivity index (χ0v) is 10.6. The molecule has 0 bridgehead atoms. The molecule has 1 aromatic carbocycles. The molecule has 0 aromatic heterocycles. The van der Waals surface area contributed by atoms with Crippen molar-refractivity contribution in [2.24, 2.45) is 0 Å². The van der Waals surface area contributed by atoms with E-state index in [4.69, 9.17) is 16.3 Å². The maximum atomic E-state index is 11.9. The Morgan fingerprint density at radius 1 is 1.47 bits per heavy atom. The van der Waals surface area contributed by atoms with Gasteiger partial charge in [0.25, 0.3) is 5.91 Å². The zero-order chi connectivity index (χ0) is 12.3. The van der Waals surface area contributed by atoms with Gasteiger partial charge < -0.3 is 10.1 Å². The van der Waals surface area contributed by atoms with E-state index in [9.17, 15) is 4.79 Å². The van der Waals surface area contributed by atoms with E-state index in [0.717, 1.165) is 30.5 Å². The van der Waals surface area contributed by atoms with E-state index in [-0.39, 0.29) is 12.0 Å². The Morgan fingerprint density at radius 2 is 2.29 bits per heavy atom. The molecule has 1 aliphatic heterocycles. The van der Waals surface area contributed by atoms with Crippen LogP contribution in [0.2, 0.25) is 5.02 Å². The zero-order valence-electron chi connectivity index (χ0n) is 9.83. The van der Waals surface area contributed by atoms with E-state index in [1.54, 1.807) is 6.07 Å². The van der Waals surface area contributed by atoms with Crippen molar-refractivity contribution in [2.45, 2.75) is 32.3 Å². The number of ether oxygens (including phenoxy) is 1. The van der Waals surface area contributed by atoms with Crippen LogP contribution >= 0.6 is 11.6 Å². The van der Waals surface area contributed by atoms with Crippen molar-refractivity contribution < 1.29 is 9.53 Å². The smallest absolute Gasteiger partial charge is 0.253 e. The molecule has 1 amide bonds. The second kappa shape index (κ2) is 5.52. The molecular formula is C13H16ClNO2. The molecule has 3 nitrogen and oxygen atoms in total. The number of carbonyl (C=O) groups is 1. The Labute approximate surface area is 106 Å². The molecule has 4 heteroatoms. The van der Waals surface area contributed by atoms with Gasteiger partial charge in [-0.1, -0.05) is 17.7 Å². The van der Waals surface area contributed by atoms with Gasteiger partial charge in [-0.25, -0.2) is 0 Å². The van der Waals surface area contributed by atoms with E-state index in [1.165, 1.54) is 0 Å². The molecule has 1 aromatic rings. The molecule has 0 radical (unpaired) electrons. The number of aryl methyl sites for hydroxylation is 1. The summed E-state index contributed by atoms with van der Waals surface area (Å²) in [6, 6.07) is 5.50. The van der Waals surface area contributed by atoms with E-state index in [0.29, 0.717) is 11.6 Å². The lowest BCUT2D eigenvalue weighted by atomic mass is 10.1. The Bertz CT molecular complexity index is 414. The van der Waals surface area contributed by atoms with Gasteiger partial charge in [0.2, 0.25) is 0 Å². The Morgan fingerprint density at radius 3 is 2.94 bits per heavy atom. The van der Waals surface area contributed by atoms with Crippen LogP contribution in [0.1, 0.15) is 24.8 Å². The fourth-order valence-electron chi connectivity index (χ4n) is 1.84. The third-order valence-electron chi connectivity index (χ3n) is 2.91. The van der Waals surface area contributed by atoms with E-state index < -0.39 is 0 Å². The first-order valence-corrected chi connectivity index (χ1v) is 6.23. The summed E-state index contributed by atoms with van der Waals surface area (Å²) in [5.74, 6) is -0.0791. The maximum Gasteiger partial charge on any atom is 0.253 e. The molecule has 1 saturated heterocycles. The van der Waals surface area contributed by atoms with Crippen molar-refractivity contribution in [1.82, 2.24) is 0 Å². The molecular weight excluding hydrogens is 238 g/mol. The number of benzene rings is 1. The molecule has 1 fully saturated rings. The monoisotopic (exact) mass is 253 g/mol. The van der Waals surface area contributed by atoms with Gasteiger partial charge in [0.15, 0.2) is 0 Å². The Balaban J connectivity index is 1.99. The summed E-state index contributed by atoms with van der Waals surface area (Å²) in [6.45, 7) is 2.60. The molecule has 0 spiro atoms. The van der Waals surface area contributed by atoms with Crippen LogP contribution in [0.15, 0.2) is 18.2 Å². The summed E-state index contributed by atoms with van der Waals surface area (Å²) in [5, 5.41) is 3.49. The predicted molar refractivity (Wildman–Crippen MR) is 68.4 cm³/mol. The number of amides is 1. The molecule has 17 heavy (non-hydrogen) atoms. The van der Waals surface area contributed by atoms with E-state index in [1.807, 2.05) is 19.1 Å². The van der Waals surface area contributed by atoms with Gasteiger partial charge in [-0.15, -0.1) is 0 Å². The van der Waals surface area contributed by atoms with Crippen molar-refractivity contribution in [3.05, 3.63) is 28.8 Å². The second-order valence-corrected chi connectivity index (χ2v) is 4.72. The first-order valence-electron chi connectivity index (χ1n) is 5.85. The fourth-order valence-corrected chi connectivity index (χ4v) is 2.02. The number of hydrogen-bond donors (Lipinski definition) is 1. The molecule has 0 aliphatic carbocycles. The fraction of sp³-hybridized carbons (Fsp3) is 0.462. The van der Waals surface area contributed by atoms with Crippen LogP contribution in [-0.2, 0) is 9.53 Å². The SMILES string of the molecule is Cc1ccc(NC(=O)C2CCCCO2)cc1Cl. The minimum absolute atomic E-state index is 0.0791. The van der Waals surface area contributed by atoms with Crippen molar-refractivity contribution >= 4 is 23.2 Å². The van der Waals surface area contributed by atoms with Crippen LogP contribution in [0.25, 0.3) is 0 Å². The van der Waals surface area contributed by atoms with Gasteiger partial charge in [-0.05, 0) is 43.9 Å². The molecule has 92 valence electrons. The Hall–Kier alpha value is -1.06. The summed E-state index contributed by atoms with van der Waals surface area (Å²) in [4.78, 5) is 11.9. The quantitative estimate of drug-likeness (QED) is 0.879. The third-order valence-corrected chi connectivity index (χ3v) is 3.32. The lowest BCUT2D eigenvalue weighted by molar-refractivity contribution is -0.129. The van der Waals surface area contributed by atoms with Gasteiger partial charge in [-0.3, -0.25) is 4.79 Å². The number of carbonyl (C=O) groups excluding carboxylic acids is 1. The highest BCUT2D eigenvalue weighted by Crippen LogP contribution is 2.21. The minimum Gasteiger partial charge on any atom is -0.368 e. The standard InChI is InChI=1S/C13H16ClNO2/c1-9-5-6-10(8-11(9)14)15-13(16)12-4-2-3-7-17-12/h5-6,8,12H,2-4,7H2,1H3,(H,15,16). The van der Waals surface area contributed by atoms with Crippen molar-refractivity contribution in [2.75, 3.05) is 11.9 Å².